The molecule has 3 heterocycles. The van der Waals surface area contributed by atoms with Crippen LogP contribution in [0.15, 0.2) is 11.0 Å². The molecule has 0 radical (unpaired) electrons. The summed E-state index contributed by atoms with van der Waals surface area (Å²) in [4.78, 5) is 47.9. The van der Waals surface area contributed by atoms with Gasteiger partial charge in [0.2, 0.25) is 5.91 Å². The van der Waals surface area contributed by atoms with Crippen LogP contribution in [0.2, 0.25) is 0 Å². The Kier molecular flexibility index (Phi) is 5.48. The number of carbonyl (C=O) groups excluding carboxylic acids is 2. The Morgan fingerprint density at radius 2 is 1.89 bits per heavy atom. The first kappa shape index (κ1) is 19.1. The molecule has 3 fully saturated rings. The molecule has 0 unspecified atom stereocenters. The molecule has 0 spiro atoms. The maximum Gasteiger partial charge on any atom is 0.263 e. The van der Waals surface area contributed by atoms with Gasteiger partial charge in [-0.2, -0.15) is 0 Å². The number of amides is 2. The Bertz CT molecular complexity index is 795. The van der Waals surface area contributed by atoms with Crippen LogP contribution in [0.5, 0.6) is 0 Å². The van der Waals surface area contributed by atoms with E-state index in [1.807, 2.05) is 0 Å². The molecule has 1 aliphatic carbocycles. The van der Waals surface area contributed by atoms with Gasteiger partial charge < -0.3 is 15.2 Å². The molecule has 2 saturated heterocycles. The van der Waals surface area contributed by atoms with Crippen molar-refractivity contribution in [1.82, 2.24) is 25.1 Å². The number of likely N-dealkylation sites (tertiary alicyclic amines) is 2. The summed E-state index contributed by atoms with van der Waals surface area (Å²) in [5.74, 6) is 0.565. The van der Waals surface area contributed by atoms with Crippen LogP contribution in [-0.4, -0.2) is 69.8 Å². The van der Waals surface area contributed by atoms with Gasteiger partial charge in [-0.1, -0.05) is 0 Å². The van der Waals surface area contributed by atoms with Gasteiger partial charge in [0.15, 0.2) is 0 Å². The monoisotopic (exact) mass is 387 g/mol. The first-order valence-corrected chi connectivity index (χ1v) is 10.4. The van der Waals surface area contributed by atoms with E-state index in [9.17, 15) is 14.4 Å². The van der Waals surface area contributed by atoms with Crippen LogP contribution in [0, 0.1) is 12.8 Å². The van der Waals surface area contributed by atoms with Crippen molar-refractivity contribution < 1.29 is 9.59 Å². The van der Waals surface area contributed by atoms with Crippen molar-refractivity contribution in [2.75, 3.05) is 26.2 Å². The summed E-state index contributed by atoms with van der Waals surface area (Å²) in [5, 5.41) is 3.14. The average molecular weight is 387 g/mol. The Morgan fingerprint density at radius 3 is 2.57 bits per heavy atom. The molecule has 152 valence electrons. The predicted octanol–water partition coefficient (Wildman–Crippen LogP) is 0.674. The van der Waals surface area contributed by atoms with Crippen molar-refractivity contribution in [2.45, 2.75) is 57.5 Å². The van der Waals surface area contributed by atoms with Gasteiger partial charge >= 0.3 is 0 Å². The maximum absolute atomic E-state index is 12.7. The van der Waals surface area contributed by atoms with Crippen LogP contribution in [0.25, 0.3) is 0 Å². The van der Waals surface area contributed by atoms with Crippen molar-refractivity contribution in [3.63, 3.8) is 0 Å². The molecular weight excluding hydrogens is 358 g/mol. The zero-order chi connectivity index (χ0) is 19.7. The molecule has 2 amide bonds. The van der Waals surface area contributed by atoms with E-state index in [2.05, 4.69) is 20.2 Å². The quantitative estimate of drug-likeness (QED) is 0.791. The topological polar surface area (TPSA) is 98.4 Å². The number of hydrogen-bond donors (Lipinski definition) is 2. The third-order valence-corrected chi connectivity index (χ3v) is 6.17. The summed E-state index contributed by atoms with van der Waals surface area (Å²) < 4.78 is 0. The molecule has 28 heavy (non-hydrogen) atoms. The minimum atomic E-state index is -0.375. The van der Waals surface area contributed by atoms with Gasteiger partial charge in [0, 0.05) is 37.9 Å². The zero-order valence-electron chi connectivity index (χ0n) is 16.4. The second-order valence-electron chi connectivity index (χ2n) is 8.35. The second-order valence-corrected chi connectivity index (χ2v) is 8.35. The summed E-state index contributed by atoms with van der Waals surface area (Å²) in [5.41, 5.74) is -0.265. The van der Waals surface area contributed by atoms with E-state index in [1.165, 1.54) is 6.20 Å². The number of H-pyrrole nitrogens is 1. The number of rotatable bonds is 4. The Balaban J connectivity index is 1.31. The largest absolute Gasteiger partial charge is 0.353 e. The lowest BCUT2D eigenvalue weighted by Gasteiger charge is -2.42. The summed E-state index contributed by atoms with van der Waals surface area (Å²) >= 11 is 0. The van der Waals surface area contributed by atoms with Gasteiger partial charge in [-0.15, -0.1) is 0 Å². The van der Waals surface area contributed by atoms with E-state index in [0.29, 0.717) is 31.0 Å². The fourth-order valence-corrected chi connectivity index (χ4v) is 4.34. The lowest BCUT2D eigenvalue weighted by Crippen LogP contribution is -2.52. The lowest BCUT2D eigenvalue weighted by atomic mass is 9.93. The van der Waals surface area contributed by atoms with Gasteiger partial charge in [-0.05, 0) is 52.0 Å². The highest BCUT2D eigenvalue weighted by Crippen LogP contribution is 2.26. The molecule has 0 aromatic carbocycles. The van der Waals surface area contributed by atoms with E-state index in [1.54, 1.807) is 11.8 Å². The van der Waals surface area contributed by atoms with Crippen molar-refractivity contribution in [3.8, 4) is 0 Å². The first-order chi connectivity index (χ1) is 13.5. The van der Waals surface area contributed by atoms with Gasteiger partial charge in [0.05, 0.1) is 5.92 Å². The number of hydrogen-bond acceptors (Lipinski definition) is 5. The van der Waals surface area contributed by atoms with Crippen LogP contribution in [0.3, 0.4) is 0 Å². The molecular formula is C20H29N5O3. The Labute approximate surface area is 164 Å². The van der Waals surface area contributed by atoms with Gasteiger partial charge in [-0.3, -0.25) is 19.3 Å². The maximum atomic E-state index is 12.7. The second kappa shape index (κ2) is 8.03. The summed E-state index contributed by atoms with van der Waals surface area (Å²) in [6.45, 7) is 4.79. The summed E-state index contributed by atoms with van der Waals surface area (Å²) in [6, 6.07) is 0.812. The van der Waals surface area contributed by atoms with Crippen LogP contribution in [0.1, 0.15) is 54.7 Å². The predicted molar refractivity (Wildman–Crippen MR) is 104 cm³/mol. The molecule has 8 heteroatoms. The molecule has 1 aromatic rings. The molecule has 3 aliphatic rings. The molecule has 4 rings (SSSR count). The van der Waals surface area contributed by atoms with Crippen LogP contribution in [0.4, 0.5) is 0 Å². The molecule has 2 aliphatic heterocycles. The standard InChI is InChI=1S/C20H29N5O3/c1-13-21-11-17(19(27)22-13)20(28)24-9-6-16(7-10-24)25-8-2-3-14(12-25)18(26)23-15-4-5-15/h11,14-16H,2-10,12H2,1H3,(H,23,26)(H,21,22,27)/t14-/m1/s1. The summed E-state index contributed by atoms with van der Waals surface area (Å²) in [7, 11) is 0. The first-order valence-electron chi connectivity index (χ1n) is 10.4. The highest BCUT2D eigenvalue weighted by Gasteiger charge is 2.34. The molecule has 1 atom stereocenters. The minimum absolute atomic E-state index is 0.0891. The number of nitrogens with zero attached hydrogens (tertiary/aromatic N) is 3. The van der Waals surface area contributed by atoms with Crippen molar-refractivity contribution in [2.24, 2.45) is 5.92 Å². The molecule has 1 aromatic heterocycles. The number of nitrogens with one attached hydrogen (secondary N) is 2. The number of carbonyl (C=O) groups is 2. The zero-order valence-corrected chi connectivity index (χ0v) is 16.4. The van der Waals surface area contributed by atoms with Crippen molar-refractivity contribution in [3.05, 3.63) is 27.9 Å². The van der Waals surface area contributed by atoms with Crippen LogP contribution < -0.4 is 10.9 Å². The molecule has 1 saturated carbocycles. The van der Waals surface area contributed by atoms with Gasteiger partial charge in [-0.25, -0.2) is 4.98 Å². The van der Waals surface area contributed by atoms with Gasteiger partial charge in [0.1, 0.15) is 11.4 Å². The fourth-order valence-electron chi connectivity index (χ4n) is 4.34. The number of aromatic nitrogens is 2. The normalized spacial score (nSPS) is 24.2. The molecule has 0 bridgehead atoms. The van der Waals surface area contributed by atoms with E-state index in [0.717, 1.165) is 51.6 Å². The third kappa shape index (κ3) is 4.27. The van der Waals surface area contributed by atoms with E-state index in [4.69, 9.17) is 0 Å². The number of piperidine rings is 2. The van der Waals surface area contributed by atoms with Gasteiger partial charge in [0.25, 0.3) is 11.5 Å². The van der Waals surface area contributed by atoms with Crippen molar-refractivity contribution in [1.29, 1.82) is 0 Å². The number of aryl methyl sites for hydroxylation is 1. The Hall–Kier alpha value is -2.22. The minimum Gasteiger partial charge on any atom is -0.353 e. The smallest absolute Gasteiger partial charge is 0.263 e. The lowest BCUT2D eigenvalue weighted by molar-refractivity contribution is -0.127. The van der Waals surface area contributed by atoms with E-state index < -0.39 is 0 Å². The number of aromatic amines is 1. The van der Waals surface area contributed by atoms with Crippen molar-refractivity contribution >= 4 is 11.8 Å². The SMILES string of the molecule is Cc1ncc(C(=O)N2CCC(N3CCC[C@@H](C(=O)NC4CC4)C3)CC2)c(=O)[nH]1. The summed E-state index contributed by atoms with van der Waals surface area (Å²) in [6.07, 6.45) is 7.37. The highest BCUT2D eigenvalue weighted by molar-refractivity contribution is 5.93. The fraction of sp³-hybridized carbons (Fsp3) is 0.700. The average Bonchev–Trinajstić information content (AvgIpc) is 3.52. The van der Waals surface area contributed by atoms with Crippen LogP contribution >= 0.6 is 0 Å². The van der Waals surface area contributed by atoms with Crippen LogP contribution in [-0.2, 0) is 4.79 Å². The molecule has 2 N–H and O–H groups in total. The molecule has 8 nitrogen and oxygen atoms in total. The Morgan fingerprint density at radius 1 is 1.14 bits per heavy atom. The third-order valence-electron chi connectivity index (χ3n) is 6.17. The highest BCUT2D eigenvalue weighted by atomic mass is 16.2. The van der Waals surface area contributed by atoms with E-state index in [-0.39, 0.29) is 28.9 Å². The van der Waals surface area contributed by atoms with E-state index >= 15 is 0 Å².